The van der Waals surface area contributed by atoms with Gasteiger partial charge >= 0.3 is 18.2 Å². The van der Waals surface area contributed by atoms with Gasteiger partial charge in [-0.25, -0.2) is 19.3 Å². The van der Waals surface area contributed by atoms with Gasteiger partial charge < -0.3 is 14.2 Å². The van der Waals surface area contributed by atoms with E-state index >= 15 is 0 Å². The summed E-state index contributed by atoms with van der Waals surface area (Å²) in [5, 5.41) is 0. The van der Waals surface area contributed by atoms with Gasteiger partial charge in [-0.1, -0.05) is 30.3 Å². The first-order chi connectivity index (χ1) is 14.1. The molecule has 170 valence electrons. The second-order valence-corrected chi connectivity index (χ2v) is 9.89. The van der Waals surface area contributed by atoms with Crippen LogP contribution in [0.25, 0.3) is 0 Å². The van der Waals surface area contributed by atoms with Crippen molar-refractivity contribution in [2.45, 2.75) is 84.7 Å². The third-order valence-electron chi connectivity index (χ3n) is 4.83. The zero-order valence-corrected chi connectivity index (χ0v) is 19.6. The first-order valence-corrected chi connectivity index (χ1v) is 10.3. The van der Waals surface area contributed by atoms with Crippen LogP contribution >= 0.6 is 0 Å². The third kappa shape index (κ3) is 6.32. The Bertz CT molecular complexity index is 862. The lowest BCUT2D eigenvalue weighted by Gasteiger charge is -2.33. The number of imide groups is 1. The van der Waals surface area contributed by atoms with Gasteiger partial charge in [-0.3, -0.25) is 0 Å². The Kier molecular flexibility index (Phi) is 6.88. The Morgan fingerprint density at radius 1 is 1.06 bits per heavy atom. The molecule has 1 saturated heterocycles. The van der Waals surface area contributed by atoms with E-state index in [-0.39, 0.29) is 0 Å². The summed E-state index contributed by atoms with van der Waals surface area (Å²) in [7, 11) is 0. The SMILES string of the molecule is C/C(=C\C(=O)OC(C)(C)C)[C@@]1(C)OC(=O)N(C(=O)OC(C)(C)C)[C@@H]1Cc1ccccc1. The van der Waals surface area contributed by atoms with E-state index < -0.39 is 41.0 Å². The minimum Gasteiger partial charge on any atom is -0.457 e. The lowest BCUT2D eigenvalue weighted by Crippen LogP contribution is -2.49. The van der Waals surface area contributed by atoms with E-state index in [1.54, 1.807) is 55.4 Å². The van der Waals surface area contributed by atoms with Crippen LogP contribution in [0.3, 0.4) is 0 Å². The molecule has 2 amide bonds. The molecule has 0 radical (unpaired) electrons. The van der Waals surface area contributed by atoms with Crippen molar-refractivity contribution in [1.29, 1.82) is 0 Å². The van der Waals surface area contributed by atoms with Crippen molar-refractivity contribution >= 4 is 18.2 Å². The summed E-state index contributed by atoms with van der Waals surface area (Å²) in [5.41, 5.74) is -1.29. The molecule has 1 aliphatic heterocycles. The van der Waals surface area contributed by atoms with Gasteiger partial charge in [0.1, 0.15) is 11.2 Å². The van der Waals surface area contributed by atoms with Gasteiger partial charge in [-0.05, 0) is 72.9 Å². The Morgan fingerprint density at radius 3 is 2.13 bits per heavy atom. The highest BCUT2D eigenvalue weighted by Gasteiger charge is 2.55. The van der Waals surface area contributed by atoms with E-state index in [2.05, 4.69) is 0 Å². The molecule has 0 saturated carbocycles. The zero-order valence-electron chi connectivity index (χ0n) is 19.6. The van der Waals surface area contributed by atoms with Crippen LogP contribution < -0.4 is 0 Å². The van der Waals surface area contributed by atoms with Gasteiger partial charge in [0.15, 0.2) is 5.60 Å². The molecule has 1 heterocycles. The molecule has 1 aromatic carbocycles. The summed E-state index contributed by atoms with van der Waals surface area (Å²) in [4.78, 5) is 39.1. The van der Waals surface area contributed by atoms with E-state index in [0.29, 0.717) is 12.0 Å². The van der Waals surface area contributed by atoms with Gasteiger partial charge in [0.25, 0.3) is 0 Å². The summed E-state index contributed by atoms with van der Waals surface area (Å²) in [6, 6.07) is 8.75. The zero-order chi connectivity index (χ0) is 23.6. The fourth-order valence-electron chi connectivity index (χ4n) is 3.30. The van der Waals surface area contributed by atoms with Crippen LogP contribution in [0.2, 0.25) is 0 Å². The molecule has 7 nitrogen and oxygen atoms in total. The predicted octanol–water partition coefficient (Wildman–Crippen LogP) is 5.03. The van der Waals surface area contributed by atoms with Gasteiger partial charge in [-0.2, -0.15) is 0 Å². The number of esters is 1. The Balaban J connectivity index is 2.44. The van der Waals surface area contributed by atoms with Gasteiger partial charge in [-0.15, -0.1) is 0 Å². The summed E-state index contributed by atoms with van der Waals surface area (Å²) in [6.07, 6.45) is 0.0542. The van der Waals surface area contributed by atoms with Crippen LogP contribution in [0, 0.1) is 0 Å². The van der Waals surface area contributed by atoms with Crippen molar-refractivity contribution in [1.82, 2.24) is 4.90 Å². The van der Waals surface area contributed by atoms with Gasteiger partial charge in [0, 0.05) is 6.08 Å². The van der Waals surface area contributed by atoms with E-state index in [0.717, 1.165) is 10.5 Å². The van der Waals surface area contributed by atoms with E-state index in [9.17, 15) is 14.4 Å². The molecule has 0 unspecified atom stereocenters. The maximum absolute atomic E-state index is 12.9. The molecule has 0 aromatic heterocycles. The van der Waals surface area contributed by atoms with Crippen molar-refractivity contribution in [2.75, 3.05) is 0 Å². The number of amides is 2. The monoisotopic (exact) mass is 431 g/mol. The lowest BCUT2D eigenvalue weighted by atomic mass is 9.84. The molecule has 1 aliphatic rings. The summed E-state index contributed by atoms with van der Waals surface area (Å²) in [6.45, 7) is 13.9. The Morgan fingerprint density at radius 2 is 1.61 bits per heavy atom. The quantitative estimate of drug-likeness (QED) is 0.378. The fraction of sp³-hybridized carbons (Fsp3) is 0.542. The maximum atomic E-state index is 12.9. The standard InChI is InChI=1S/C24H33NO6/c1-16(14-19(26)29-22(2,3)4)24(8)18(15-17-12-10-9-11-13-17)25(21(28)31-24)20(27)30-23(5,6)7/h9-14,18H,15H2,1-8H3/b16-14+/t18-,24-/m1/s1. The first-order valence-electron chi connectivity index (χ1n) is 10.3. The minimum atomic E-state index is -1.24. The molecule has 2 rings (SSSR count). The number of ether oxygens (including phenoxy) is 3. The predicted molar refractivity (Wildman–Crippen MR) is 116 cm³/mol. The van der Waals surface area contributed by atoms with E-state index in [1.165, 1.54) is 6.08 Å². The topological polar surface area (TPSA) is 82.1 Å². The molecule has 0 spiro atoms. The molecule has 7 heteroatoms. The summed E-state index contributed by atoms with van der Waals surface area (Å²) < 4.78 is 16.5. The maximum Gasteiger partial charge on any atom is 0.420 e. The highest BCUT2D eigenvalue weighted by molar-refractivity contribution is 5.91. The summed E-state index contributed by atoms with van der Waals surface area (Å²) in [5.74, 6) is -0.545. The number of nitrogens with zero attached hydrogens (tertiary/aromatic N) is 1. The Labute approximate surface area is 184 Å². The number of rotatable bonds is 4. The number of hydrogen-bond acceptors (Lipinski definition) is 6. The van der Waals surface area contributed by atoms with E-state index in [4.69, 9.17) is 14.2 Å². The molecule has 0 aliphatic carbocycles. The average molecular weight is 432 g/mol. The average Bonchev–Trinajstić information content (AvgIpc) is 2.84. The van der Waals surface area contributed by atoms with Gasteiger partial charge in [0.05, 0.1) is 6.04 Å². The van der Waals surface area contributed by atoms with Crippen molar-refractivity contribution in [2.24, 2.45) is 0 Å². The molecule has 31 heavy (non-hydrogen) atoms. The fourth-order valence-corrected chi connectivity index (χ4v) is 3.30. The molecule has 1 fully saturated rings. The molecule has 1 aromatic rings. The van der Waals surface area contributed by atoms with Crippen LogP contribution in [-0.2, 0) is 25.4 Å². The number of cyclic esters (lactones) is 1. The van der Waals surface area contributed by atoms with Crippen molar-refractivity contribution in [3.63, 3.8) is 0 Å². The van der Waals surface area contributed by atoms with Crippen molar-refractivity contribution in [3.8, 4) is 0 Å². The lowest BCUT2D eigenvalue weighted by molar-refractivity contribution is -0.148. The molecular weight excluding hydrogens is 398 g/mol. The minimum absolute atomic E-state index is 0.335. The smallest absolute Gasteiger partial charge is 0.420 e. The van der Waals surface area contributed by atoms with Crippen molar-refractivity contribution < 1.29 is 28.6 Å². The largest absolute Gasteiger partial charge is 0.457 e. The molecule has 0 N–H and O–H groups in total. The molecule has 0 bridgehead atoms. The highest BCUT2D eigenvalue weighted by Crippen LogP contribution is 2.38. The van der Waals surface area contributed by atoms with Crippen molar-refractivity contribution in [3.05, 3.63) is 47.5 Å². The number of carbonyl (C=O) groups excluding carboxylic acids is 3. The second-order valence-electron chi connectivity index (χ2n) is 9.89. The second kappa shape index (κ2) is 8.73. The normalized spacial score (nSPS) is 22.2. The van der Waals surface area contributed by atoms with Crippen LogP contribution in [-0.4, -0.2) is 45.9 Å². The van der Waals surface area contributed by atoms with Crippen LogP contribution in [0.5, 0.6) is 0 Å². The third-order valence-corrected chi connectivity index (χ3v) is 4.83. The Hall–Kier alpha value is -2.83. The van der Waals surface area contributed by atoms with Crippen LogP contribution in [0.15, 0.2) is 42.0 Å². The first kappa shape index (κ1) is 24.4. The number of carbonyl (C=O) groups is 3. The molecular formula is C24H33NO6. The number of benzene rings is 1. The van der Waals surface area contributed by atoms with Gasteiger partial charge in [0.2, 0.25) is 0 Å². The van der Waals surface area contributed by atoms with Crippen LogP contribution in [0.1, 0.15) is 61.0 Å². The highest BCUT2D eigenvalue weighted by atomic mass is 16.6. The summed E-state index contributed by atoms with van der Waals surface area (Å²) >= 11 is 0. The molecule has 2 atom stereocenters. The van der Waals surface area contributed by atoms with Crippen LogP contribution in [0.4, 0.5) is 9.59 Å². The number of hydrogen-bond donors (Lipinski definition) is 0. The van der Waals surface area contributed by atoms with E-state index in [1.807, 2.05) is 30.3 Å².